The highest BCUT2D eigenvalue weighted by Crippen LogP contribution is 2.31. The van der Waals surface area contributed by atoms with Crippen LogP contribution in [0.2, 0.25) is 0 Å². The van der Waals surface area contributed by atoms with Crippen LogP contribution in [-0.4, -0.2) is 29.1 Å². The number of hydrogen-bond acceptors (Lipinski definition) is 2. The number of carboxylic acids is 1. The van der Waals surface area contributed by atoms with Crippen molar-refractivity contribution in [1.82, 2.24) is 4.90 Å². The molecular weight excluding hydrogens is 262 g/mol. The molecule has 1 aromatic rings. The van der Waals surface area contributed by atoms with Gasteiger partial charge < -0.3 is 5.11 Å². The monoisotopic (exact) mass is 289 g/mol. The molecule has 0 unspecified atom stereocenters. The minimum atomic E-state index is -0.857. The number of aromatic carboxylic acids is 1. The molecule has 0 aromatic heterocycles. The van der Waals surface area contributed by atoms with Crippen LogP contribution in [0.4, 0.5) is 0 Å². The molecule has 0 spiro atoms. The molecule has 1 N–H and O–H groups in total. The minimum absolute atomic E-state index is 0.364. The maximum Gasteiger partial charge on any atom is 0.335 e. The third-order valence-electron chi connectivity index (χ3n) is 4.22. The molecule has 1 heterocycles. The lowest BCUT2D eigenvalue weighted by Gasteiger charge is -2.35. The highest BCUT2D eigenvalue weighted by molar-refractivity contribution is 5.87. The van der Waals surface area contributed by atoms with Gasteiger partial charge in [-0.25, -0.2) is 4.79 Å². The highest BCUT2D eigenvalue weighted by Gasteiger charge is 2.23. The summed E-state index contributed by atoms with van der Waals surface area (Å²) in [5.41, 5.74) is 2.00. The summed E-state index contributed by atoms with van der Waals surface area (Å²) in [4.78, 5) is 13.3. The highest BCUT2D eigenvalue weighted by atomic mass is 16.4. The molecule has 0 amide bonds. The zero-order valence-electron chi connectivity index (χ0n) is 13.4. The van der Waals surface area contributed by atoms with Crippen LogP contribution < -0.4 is 0 Å². The van der Waals surface area contributed by atoms with Gasteiger partial charge in [0, 0.05) is 6.54 Å². The number of nitrogens with zero attached hydrogens (tertiary/aromatic N) is 1. The number of piperidine rings is 1. The summed E-state index contributed by atoms with van der Waals surface area (Å²) >= 11 is 0. The first kappa shape index (κ1) is 16.0. The van der Waals surface area contributed by atoms with Gasteiger partial charge in [-0.2, -0.15) is 0 Å². The minimum Gasteiger partial charge on any atom is -0.478 e. The fourth-order valence-electron chi connectivity index (χ4n) is 3.23. The Hall–Kier alpha value is -1.35. The van der Waals surface area contributed by atoms with Crippen LogP contribution >= 0.6 is 0 Å². The van der Waals surface area contributed by atoms with E-state index in [2.05, 4.69) is 25.7 Å². The second-order valence-corrected chi connectivity index (χ2v) is 7.49. The van der Waals surface area contributed by atoms with Gasteiger partial charge in [-0.05, 0) is 61.4 Å². The first-order chi connectivity index (χ1) is 9.83. The molecule has 3 nitrogen and oxygen atoms in total. The van der Waals surface area contributed by atoms with Crippen molar-refractivity contribution in [3.05, 3.63) is 35.4 Å². The summed E-state index contributed by atoms with van der Waals surface area (Å²) in [7, 11) is 0. The van der Waals surface area contributed by atoms with Crippen molar-refractivity contribution in [1.29, 1.82) is 0 Å². The van der Waals surface area contributed by atoms with Crippen molar-refractivity contribution in [2.75, 3.05) is 13.1 Å². The molecule has 3 heteroatoms. The van der Waals surface area contributed by atoms with Crippen LogP contribution in [0, 0.1) is 11.3 Å². The lowest BCUT2D eigenvalue weighted by Crippen LogP contribution is -2.34. The lowest BCUT2D eigenvalue weighted by atomic mass is 9.80. The maximum absolute atomic E-state index is 10.8. The second-order valence-electron chi connectivity index (χ2n) is 7.49. The largest absolute Gasteiger partial charge is 0.478 e. The number of hydrogen-bond donors (Lipinski definition) is 1. The average Bonchev–Trinajstić information content (AvgIpc) is 2.40. The molecule has 1 aliphatic heterocycles. The molecule has 1 saturated heterocycles. The van der Waals surface area contributed by atoms with Crippen LogP contribution in [0.5, 0.6) is 0 Å². The molecule has 1 aromatic carbocycles. The van der Waals surface area contributed by atoms with E-state index in [1.54, 1.807) is 12.1 Å². The van der Waals surface area contributed by atoms with Gasteiger partial charge in [-0.3, -0.25) is 4.90 Å². The third-order valence-corrected chi connectivity index (χ3v) is 4.22. The predicted molar refractivity (Wildman–Crippen MR) is 85.5 cm³/mol. The predicted octanol–water partition coefficient (Wildman–Crippen LogP) is 4.03. The van der Waals surface area contributed by atoms with E-state index in [0.717, 1.165) is 25.6 Å². The number of likely N-dealkylation sites (tertiary alicyclic amines) is 1. The van der Waals surface area contributed by atoms with E-state index < -0.39 is 5.97 Å². The van der Waals surface area contributed by atoms with E-state index in [0.29, 0.717) is 11.0 Å². The summed E-state index contributed by atoms with van der Waals surface area (Å²) in [6, 6.07) is 7.27. The van der Waals surface area contributed by atoms with Crippen LogP contribution in [0.15, 0.2) is 24.3 Å². The standard InChI is InChI=1S/C18H27NO2/c1-18(2,3)12-14-8-10-19(11-9-14)13-15-4-6-16(7-5-15)17(20)21/h4-7,14H,8-13H2,1-3H3,(H,20,21). The molecule has 0 aliphatic carbocycles. The Balaban J connectivity index is 1.82. The molecule has 0 saturated carbocycles. The van der Waals surface area contributed by atoms with Gasteiger partial charge in [0.05, 0.1) is 5.56 Å². The summed E-state index contributed by atoms with van der Waals surface area (Å²) in [5, 5.41) is 8.91. The first-order valence-corrected chi connectivity index (χ1v) is 7.88. The van der Waals surface area contributed by atoms with Crippen molar-refractivity contribution in [3.8, 4) is 0 Å². The molecule has 1 aliphatic rings. The van der Waals surface area contributed by atoms with E-state index in [-0.39, 0.29) is 0 Å². The number of rotatable bonds is 4. The topological polar surface area (TPSA) is 40.5 Å². The van der Waals surface area contributed by atoms with Gasteiger partial charge in [0.2, 0.25) is 0 Å². The smallest absolute Gasteiger partial charge is 0.335 e. The number of carboxylic acid groups (broad SMARTS) is 1. The average molecular weight is 289 g/mol. The van der Waals surface area contributed by atoms with E-state index in [1.165, 1.54) is 24.8 Å². The third kappa shape index (κ3) is 5.16. The van der Waals surface area contributed by atoms with Gasteiger partial charge in [-0.15, -0.1) is 0 Å². The van der Waals surface area contributed by atoms with E-state index in [1.807, 2.05) is 12.1 Å². The van der Waals surface area contributed by atoms with Crippen LogP contribution in [0.1, 0.15) is 56.0 Å². The maximum atomic E-state index is 10.8. The fraction of sp³-hybridized carbons (Fsp3) is 0.611. The van der Waals surface area contributed by atoms with Gasteiger partial charge in [0.15, 0.2) is 0 Å². The molecule has 0 atom stereocenters. The first-order valence-electron chi connectivity index (χ1n) is 7.88. The van der Waals surface area contributed by atoms with Gasteiger partial charge in [-0.1, -0.05) is 32.9 Å². The van der Waals surface area contributed by atoms with Crippen LogP contribution in [0.25, 0.3) is 0 Å². The summed E-state index contributed by atoms with van der Waals surface area (Å²) < 4.78 is 0. The Bertz CT molecular complexity index is 465. The van der Waals surface area contributed by atoms with E-state index in [4.69, 9.17) is 5.11 Å². The Morgan fingerprint density at radius 1 is 1.19 bits per heavy atom. The van der Waals surface area contributed by atoms with E-state index in [9.17, 15) is 4.79 Å². The van der Waals surface area contributed by atoms with Gasteiger partial charge in [0.25, 0.3) is 0 Å². The summed E-state index contributed by atoms with van der Waals surface area (Å²) in [6.07, 6.45) is 3.88. The molecule has 21 heavy (non-hydrogen) atoms. The molecule has 0 radical (unpaired) electrons. The SMILES string of the molecule is CC(C)(C)CC1CCN(Cc2ccc(C(=O)O)cc2)CC1. The van der Waals surface area contributed by atoms with Crippen LogP contribution in [-0.2, 0) is 6.54 Å². The van der Waals surface area contributed by atoms with Crippen molar-refractivity contribution >= 4 is 5.97 Å². The van der Waals surface area contributed by atoms with E-state index >= 15 is 0 Å². The van der Waals surface area contributed by atoms with Gasteiger partial charge >= 0.3 is 5.97 Å². The van der Waals surface area contributed by atoms with Gasteiger partial charge in [0.1, 0.15) is 0 Å². The van der Waals surface area contributed by atoms with Crippen molar-refractivity contribution in [2.45, 2.75) is 46.6 Å². The normalized spacial score (nSPS) is 17.9. The molecule has 0 bridgehead atoms. The Morgan fingerprint density at radius 2 is 1.76 bits per heavy atom. The van der Waals surface area contributed by atoms with Crippen molar-refractivity contribution in [2.24, 2.45) is 11.3 Å². The van der Waals surface area contributed by atoms with Crippen LogP contribution in [0.3, 0.4) is 0 Å². The fourth-order valence-corrected chi connectivity index (χ4v) is 3.23. The second kappa shape index (κ2) is 6.61. The lowest BCUT2D eigenvalue weighted by molar-refractivity contribution is 0.0697. The molecular formula is C18H27NO2. The summed E-state index contributed by atoms with van der Waals surface area (Å²) in [6.45, 7) is 10.2. The zero-order valence-corrected chi connectivity index (χ0v) is 13.4. The molecule has 116 valence electrons. The molecule has 1 fully saturated rings. The zero-order chi connectivity index (χ0) is 15.5. The van der Waals surface area contributed by atoms with Crippen molar-refractivity contribution < 1.29 is 9.90 Å². The number of carbonyl (C=O) groups is 1. The number of benzene rings is 1. The van der Waals surface area contributed by atoms with Crippen molar-refractivity contribution in [3.63, 3.8) is 0 Å². The summed E-state index contributed by atoms with van der Waals surface area (Å²) in [5.74, 6) is 0.000168. The Morgan fingerprint density at radius 3 is 2.24 bits per heavy atom. The quantitative estimate of drug-likeness (QED) is 0.909. The molecule has 2 rings (SSSR count). The Kier molecular flexibility index (Phi) is 5.04. The Labute approximate surface area is 128 Å².